The summed E-state index contributed by atoms with van der Waals surface area (Å²) in [5, 5.41) is 0.946. The first-order valence-corrected chi connectivity index (χ1v) is 8.34. The van der Waals surface area contributed by atoms with Crippen LogP contribution in [-0.2, 0) is 11.3 Å². The summed E-state index contributed by atoms with van der Waals surface area (Å²) in [6.45, 7) is 2.88. The lowest BCUT2D eigenvalue weighted by Crippen LogP contribution is -2.01. The van der Waals surface area contributed by atoms with Crippen molar-refractivity contribution in [2.45, 2.75) is 39.2 Å². The van der Waals surface area contributed by atoms with Crippen molar-refractivity contribution >= 4 is 17.2 Å². The first-order valence-electron chi connectivity index (χ1n) is 8.34. The van der Waals surface area contributed by atoms with Crippen molar-refractivity contribution in [2.24, 2.45) is 0 Å². The molecule has 0 fully saturated rings. The Morgan fingerprint density at radius 2 is 2.08 bits per heavy atom. The fraction of sp³-hybridized carbons (Fsp3) is 0.300. The summed E-state index contributed by atoms with van der Waals surface area (Å²) in [6.07, 6.45) is 8.10. The van der Waals surface area contributed by atoms with Gasteiger partial charge in [-0.3, -0.25) is 4.98 Å². The van der Waals surface area contributed by atoms with Crippen molar-refractivity contribution in [2.75, 3.05) is 0 Å². The maximum absolute atomic E-state index is 13.7. The molecule has 0 radical (unpaired) electrons. The first kappa shape index (κ1) is 16.4. The fourth-order valence-corrected chi connectivity index (χ4v) is 3.28. The number of carbonyl (C=O) groups is 1. The lowest BCUT2D eigenvalue weighted by atomic mass is 10.1. The number of hydrogen-bond acceptors (Lipinski definition) is 2. The molecule has 4 heteroatoms. The predicted octanol–water partition coefficient (Wildman–Crippen LogP) is 4.91. The quantitative estimate of drug-likeness (QED) is 0.457. The molecule has 0 atom stereocenters. The van der Waals surface area contributed by atoms with Gasteiger partial charge < -0.3 is 9.36 Å². The summed E-state index contributed by atoms with van der Waals surface area (Å²) < 4.78 is 15.9. The van der Waals surface area contributed by atoms with Gasteiger partial charge in [0.1, 0.15) is 12.1 Å². The van der Waals surface area contributed by atoms with Crippen molar-refractivity contribution in [1.29, 1.82) is 0 Å². The van der Waals surface area contributed by atoms with Crippen LogP contribution < -0.4 is 0 Å². The highest BCUT2D eigenvalue weighted by Gasteiger charge is 2.16. The van der Waals surface area contributed by atoms with E-state index in [9.17, 15) is 9.18 Å². The number of aromatic nitrogens is 2. The summed E-state index contributed by atoms with van der Waals surface area (Å²) in [7, 11) is 0. The molecule has 0 N–H and O–H groups in total. The smallest absolute Gasteiger partial charge is 0.123 e. The van der Waals surface area contributed by atoms with Crippen LogP contribution in [0.5, 0.6) is 0 Å². The minimum Gasteiger partial charge on any atom is -0.340 e. The van der Waals surface area contributed by atoms with Gasteiger partial charge in [0.15, 0.2) is 0 Å². The van der Waals surface area contributed by atoms with E-state index in [1.54, 1.807) is 12.3 Å². The predicted molar refractivity (Wildman–Crippen MR) is 94.4 cm³/mol. The molecule has 3 rings (SSSR count). The van der Waals surface area contributed by atoms with Gasteiger partial charge in [-0.05, 0) is 55.7 Å². The van der Waals surface area contributed by atoms with Gasteiger partial charge in [-0.25, -0.2) is 4.39 Å². The molecule has 0 spiro atoms. The molecule has 0 aliphatic rings. The van der Waals surface area contributed by atoms with E-state index in [4.69, 9.17) is 0 Å². The summed E-state index contributed by atoms with van der Waals surface area (Å²) in [6, 6.07) is 8.92. The molecule has 2 aromatic heterocycles. The van der Waals surface area contributed by atoms with Gasteiger partial charge in [-0.2, -0.15) is 0 Å². The minimum atomic E-state index is -0.216. The van der Waals surface area contributed by atoms with Crippen LogP contribution in [0, 0.1) is 12.7 Å². The number of fused-ring (bicyclic) bond motifs is 1. The zero-order chi connectivity index (χ0) is 16.9. The molecular weight excluding hydrogens is 303 g/mol. The number of nitrogens with zero attached hydrogens (tertiary/aromatic N) is 2. The van der Waals surface area contributed by atoms with Gasteiger partial charge in [-0.1, -0.05) is 6.42 Å². The highest BCUT2D eigenvalue weighted by molar-refractivity contribution is 5.91. The molecule has 0 amide bonds. The maximum atomic E-state index is 13.7. The number of rotatable bonds is 7. The van der Waals surface area contributed by atoms with Gasteiger partial charge in [0.05, 0.1) is 5.69 Å². The van der Waals surface area contributed by atoms with E-state index in [0.717, 1.165) is 59.8 Å². The third-order valence-electron chi connectivity index (χ3n) is 4.42. The second-order valence-electron chi connectivity index (χ2n) is 6.04. The van der Waals surface area contributed by atoms with Crippen molar-refractivity contribution in [3.8, 4) is 11.3 Å². The van der Waals surface area contributed by atoms with E-state index in [1.165, 1.54) is 6.07 Å². The molecule has 0 unspecified atom stereocenters. The molecule has 0 bridgehead atoms. The SMILES string of the molecule is Cc1c(-c2cccnc2)n(CCCCCC=O)c2ccc(F)cc12. The molecule has 24 heavy (non-hydrogen) atoms. The largest absolute Gasteiger partial charge is 0.340 e. The van der Waals surface area contributed by atoms with Crippen molar-refractivity contribution in [1.82, 2.24) is 9.55 Å². The third-order valence-corrected chi connectivity index (χ3v) is 4.42. The highest BCUT2D eigenvalue weighted by atomic mass is 19.1. The number of unbranched alkanes of at least 4 members (excludes halogenated alkanes) is 3. The Morgan fingerprint density at radius 1 is 1.21 bits per heavy atom. The standard InChI is InChI=1S/C20H21FN2O/c1-15-18-13-17(21)8-9-19(18)23(11-4-2-3-5-12-24)20(15)16-7-6-10-22-14-16/h6-10,12-14H,2-5,11H2,1H3. The normalized spacial score (nSPS) is 11.1. The van der Waals surface area contributed by atoms with E-state index >= 15 is 0 Å². The van der Waals surface area contributed by atoms with Crippen LogP contribution in [-0.4, -0.2) is 15.8 Å². The van der Waals surface area contributed by atoms with Crippen LogP contribution in [0.2, 0.25) is 0 Å². The molecule has 0 aliphatic heterocycles. The maximum Gasteiger partial charge on any atom is 0.123 e. The monoisotopic (exact) mass is 324 g/mol. The zero-order valence-electron chi connectivity index (χ0n) is 13.8. The molecule has 0 saturated heterocycles. The van der Waals surface area contributed by atoms with Crippen LogP contribution in [0.3, 0.4) is 0 Å². The Hall–Kier alpha value is -2.49. The number of benzene rings is 1. The van der Waals surface area contributed by atoms with Gasteiger partial charge in [0.25, 0.3) is 0 Å². The second-order valence-corrected chi connectivity index (χ2v) is 6.04. The van der Waals surface area contributed by atoms with Gasteiger partial charge in [0, 0.05) is 41.8 Å². The summed E-state index contributed by atoms with van der Waals surface area (Å²) in [4.78, 5) is 14.7. The Balaban J connectivity index is 2.02. The van der Waals surface area contributed by atoms with Crippen molar-refractivity contribution in [3.63, 3.8) is 0 Å². The van der Waals surface area contributed by atoms with E-state index in [2.05, 4.69) is 9.55 Å². The van der Waals surface area contributed by atoms with Crippen LogP contribution in [0.25, 0.3) is 22.2 Å². The molecular formula is C20H21FN2O. The average molecular weight is 324 g/mol. The first-order chi connectivity index (χ1) is 11.7. The Labute approximate surface area is 141 Å². The highest BCUT2D eigenvalue weighted by Crippen LogP contribution is 2.33. The minimum absolute atomic E-state index is 0.216. The Kier molecular flexibility index (Phi) is 5.04. The van der Waals surface area contributed by atoms with Gasteiger partial charge >= 0.3 is 0 Å². The van der Waals surface area contributed by atoms with Crippen LogP contribution >= 0.6 is 0 Å². The second kappa shape index (κ2) is 7.39. The molecule has 3 nitrogen and oxygen atoms in total. The number of halogens is 1. The van der Waals surface area contributed by atoms with E-state index in [1.807, 2.05) is 31.3 Å². The zero-order valence-corrected chi connectivity index (χ0v) is 13.8. The van der Waals surface area contributed by atoms with Crippen molar-refractivity contribution < 1.29 is 9.18 Å². The Bertz CT molecular complexity index is 840. The van der Waals surface area contributed by atoms with E-state index in [0.29, 0.717) is 6.42 Å². The van der Waals surface area contributed by atoms with E-state index in [-0.39, 0.29) is 5.82 Å². The summed E-state index contributed by atoms with van der Waals surface area (Å²) in [5.74, 6) is -0.216. The molecule has 2 heterocycles. The third kappa shape index (κ3) is 3.23. The van der Waals surface area contributed by atoms with Crippen LogP contribution in [0.4, 0.5) is 4.39 Å². The topological polar surface area (TPSA) is 34.9 Å². The van der Waals surface area contributed by atoms with E-state index < -0.39 is 0 Å². The fourth-order valence-electron chi connectivity index (χ4n) is 3.28. The number of hydrogen-bond donors (Lipinski definition) is 0. The molecule has 124 valence electrons. The van der Waals surface area contributed by atoms with Crippen LogP contribution in [0.15, 0.2) is 42.7 Å². The number of carbonyl (C=O) groups excluding carboxylic acids is 1. The molecule has 0 saturated carbocycles. The number of pyridine rings is 1. The number of aryl methyl sites for hydroxylation is 2. The molecule has 1 aromatic carbocycles. The summed E-state index contributed by atoms with van der Waals surface area (Å²) >= 11 is 0. The van der Waals surface area contributed by atoms with Crippen LogP contribution in [0.1, 0.15) is 31.2 Å². The number of aldehydes is 1. The lowest BCUT2D eigenvalue weighted by Gasteiger charge is -2.11. The lowest BCUT2D eigenvalue weighted by molar-refractivity contribution is -0.107. The molecule has 3 aromatic rings. The summed E-state index contributed by atoms with van der Waals surface area (Å²) in [5.41, 5.74) is 4.26. The average Bonchev–Trinajstić information content (AvgIpc) is 2.87. The van der Waals surface area contributed by atoms with Gasteiger partial charge in [0.2, 0.25) is 0 Å². The molecule has 0 aliphatic carbocycles. The Morgan fingerprint density at radius 3 is 2.83 bits per heavy atom. The van der Waals surface area contributed by atoms with Gasteiger partial charge in [-0.15, -0.1) is 0 Å². The van der Waals surface area contributed by atoms with Crippen molar-refractivity contribution in [3.05, 3.63) is 54.1 Å².